The molecule has 0 bridgehead atoms. The largest absolute Gasteiger partial charge is 0.322 e. The van der Waals surface area contributed by atoms with Crippen LogP contribution in [0.15, 0.2) is 71.6 Å². The lowest BCUT2D eigenvalue weighted by molar-refractivity contribution is 0.102. The molecule has 1 atom stereocenters. The number of amides is 1. The standard InChI is InChI=1S/C26H27Cl2N3O3S/c1-18-3-2-12-31(16-18)17-19-4-6-20(7-5-19)26(32)29-23-8-10-25(11-9-23)35(33,34)30-24-14-21(27)13-22(28)15-24/h4-11,13-15,18,30H,2-3,12,16-17H2,1H3,(H,29,32)/t18-/m0/s1. The van der Waals surface area contributed by atoms with E-state index in [1.807, 2.05) is 24.3 Å². The molecule has 3 aromatic rings. The van der Waals surface area contributed by atoms with E-state index in [-0.39, 0.29) is 16.5 Å². The highest BCUT2D eigenvalue weighted by atomic mass is 35.5. The second-order valence-corrected chi connectivity index (χ2v) is 11.5. The predicted molar refractivity (Wildman–Crippen MR) is 142 cm³/mol. The first-order valence-corrected chi connectivity index (χ1v) is 13.6. The summed E-state index contributed by atoms with van der Waals surface area (Å²) >= 11 is 11.9. The molecule has 1 aliphatic rings. The smallest absolute Gasteiger partial charge is 0.261 e. The van der Waals surface area contributed by atoms with Gasteiger partial charge in [0.15, 0.2) is 0 Å². The lowest BCUT2D eigenvalue weighted by Crippen LogP contribution is -2.33. The van der Waals surface area contributed by atoms with Crippen LogP contribution in [-0.4, -0.2) is 32.3 Å². The maximum absolute atomic E-state index is 12.7. The fourth-order valence-electron chi connectivity index (χ4n) is 4.20. The molecular weight excluding hydrogens is 505 g/mol. The highest BCUT2D eigenvalue weighted by Crippen LogP contribution is 2.25. The third kappa shape index (κ3) is 6.98. The Hall–Kier alpha value is -2.58. The van der Waals surface area contributed by atoms with Crippen LogP contribution in [0.5, 0.6) is 0 Å². The third-order valence-electron chi connectivity index (χ3n) is 5.90. The summed E-state index contributed by atoms with van der Waals surface area (Å²) in [7, 11) is -3.85. The molecular formula is C26H27Cl2N3O3S. The van der Waals surface area contributed by atoms with Crippen molar-refractivity contribution in [1.29, 1.82) is 0 Å². The average molecular weight is 532 g/mol. The van der Waals surface area contributed by atoms with Crippen LogP contribution in [0.1, 0.15) is 35.7 Å². The number of rotatable bonds is 7. The molecule has 0 spiro atoms. The van der Waals surface area contributed by atoms with E-state index in [0.717, 1.165) is 25.6 Å². The molecule has 1 amide bonds. The number of piperidine rings is 1. The molecule has 0 aliphatic carbocycles. The van der Waals surface area contributed by atoms with Crippen molar-refractivity contribution in [3.05, 3.63) is 87.9 Å². The Balaban J connectivity index is 1.36. The first-order chi connectivity index (χ1) is 16.7. The van der Waals surface area contributed by atoms with E-state index in [1.54, 1.807) is 12.1 Å². The van der Waals surface area contributed by atoms with Gasteiger partial charge in [0.2, 0.25) is 0 Å². The fraction of sp³-hybridized carbons (Fsp3) is 0.269. The number of hydrogen-bond donors (Lipinski definition) is 2. The maximum atomic E-state index is 12.7. The van der Waals surface area contributed by atoms with Gasteiger partial charge in [-0.15, -0.1) is 0 Å². The predicted octanol–water partition coefficient (Wildman–Crippen LogP) is 6.28. The first-order valence-electron chi connectivity index (χ1n) is 11.4. The van der Waals surface area contributed by atoms with Gasteiger partial charge in [0.25, 0.3) is 15.9 Å². The molecule has 0 saturated carbocycles. The van der Waals surface area contributed by atoms with Crippen molar-refractivity contribution < 1.29 is 13.2 Å². The number of halogens is 2. The quantitative estimate of drug-likeness (QED) is 0.376. The van der Waals surface area contributed by atoms with Crippen molar-refractivity contribution in [3.8, 4) is 0 Å². The number of nitrogens with one attached hydrogen (secondary N) is 2. The van der Waals surface area contributed by atoms with Gasteiger partial charge < -0.3 is 5.32 Å². The first kappa shape index (κ1) is 25.5. The monoisotopic (exact) mass is 531 g/mol. The molecule has 4 rings (SSSR count). The fourth-order valence-corrected chi connectivity index (χ4v) is 5.76. The van der Waals surface area contributed by atoms with Crippen LogP contribution in [0.25, 0.3) is 0 Å². The summed E-state index contributed by atoms with van der Waals surface area (Å²) in [6.07, 6.45) is 2.52. The van der Waals surface area contributed by atoms with Crippen molar-refractivity contribution >= 4 is 50.5 Å². The number of benzene rings is 3. The zero-order valence-electron chi connectivity index (χ0n) is 19.3. The molecule has 1 saturated heterocycles. The SMILES string of the molecule is C[C@H]1CCCN(Cc2ccc(C(=O)Nc3ccc(S(=O)(=O)Nc4cc(Cl)cc(Cl)c4)cc3)cc2)C1. The van der Waals surface area contributed by atoms with Crippen molar-refractivity contribution in [2.75, 3.05) is 23.1 Å². The Morgan fingerprint density at radius 1 is 0.971 bits per heavy atom. The maximum Gasteiger partial charge on any atom is 0.261 e. The average Bonchev–Trinajstić information content (AvgIpc) is 2.79. The molecule has 1 fully saturated rings. The van der Waals surface area contributed by atoms with Gasteiger partial charge in [0.05, 0.1) is 10.6 Å². The Morgan fingerprint density at radius 3 is 2.26 bits per heavy atom. The van der Waals surface area contributed by atoms with Gasteiger partial charge in [0.1, 0.15) is 0 Å². The summed E-state index contributed by atoms with van der Waals surface area (Å²) in [4.78, 5) is 15.2. The molecule has 6 nitrogen and oxygen atoms in total. The molecule has 1 aliphatic heterocycles. The Bertz CT molecular complexity index is 1280. The topological polar surface area (TPSA) is 78.5 Å². The minimum absolute atomic E-state index is 0.0444. The van der Waals surface area contributed by atoms with Gasteiger partial charge in [0, 0.05) is 34.4 Å². The van der Waals surface area contributed by atoms with Crippen LogP contribution in [0, 0.1) is 5.92 Å². The summed E-state index contributed by atoms with van der Waals surface area (Å²) in [6, 6.07) is 18.0. The molecule has 0 unspecified atom stereocenters. The summed E-state index contributed by atoms with van der Waals surface area (Å²) in [6.45, 7) is 5.39. The zero-order valence-corrected chi connectivity index (χ0v) is 21.6. The lowest BCUT2D eigenvalue weighted by Gasteiger charge is -2.30. The van der Waals surface area contributed by atoms with E-state index in [2.05, 4.69) is 21.9 Å². The molecule has 184 valence electrons. The minimum Gasteiger partial charge on any atom is -0.322 e. The van der Waals surface area contributed by atoms with Gasteiger partial charge in [-0.2, -0.15) is 0 Å². The summed E-state index contributed by atoms with van der Waals surface area (Å²) < 4.78 is 27.8. The van der Waals surface area contributed by atoms with Gasteiger partial charge in [-0.05, 0) is 85.5 Å². The van der Waals surface area contributed by atoms with Gasteiger partial charge in [-0.25, -0.2) is 8.42 Å². The molecule has 0 aromatic heterocycles. The van der Waals surface area contributed by atoms with E-state index < -0.39 is 10.0 Å². The molecule has 35 heavy (non-hydrogen) atoms. The Labute approximate surface area is 216 Å². The van der Waals surface area contributed by atoms with Crippen molar-refractivity contribution in [2.45, 2.75) is 31.2 Å². The zero-order chi connectivity index (χ0) is 25.0. The van der Waals surface area contributed by atoms with Gasteiger partial charge in [-0.3, -0.25) is 14.4 Å². The van der Waals surface area contributed by atoms with Crippen LogP contribution in [-0.2, 0) is 16.6 Å². The van der Waals surface area contributed by atoms with Crippen LogP contribution in [0.2, 0.25) is 10.0 Å². The van der Waals surface area contributed by atoms with E-state index in [0.29, 0.717) is 21.3 Å². The lowest BCUT2D eigenvalue weighted by atomic mass is 9.99. The van der Waals surface area contributed by atoms with E-state index in [9.17, 15) is 13.2 Å². The molecule has 2 N–H and O–H groups in total. The van der Waals surface area contributed by atoms with Crippen LogP contribution >= 0.6 is 23.2 Å². The highest BCUT2D eigenvalue weighted by Gasteiger charge is 2.17. The van der Waals surface area contributed by atoms with Crippen LogP contribution < -0.4 is 10.0 Å². The minimum atomic E-state index is -3.85. The highest BCUT2D eigenvalue weighted by molar-refractivity contribution is 7.92. The van der Waals surface area contributed by atoms with Crippen LogP contribution in [0.4, 0.5) is 11.4 Å². The van der Waals surface area contributed by atoms with E-state index >= 15 is 0 Å². The second-order valence-electron chi connectivity index (χ2n) is 8.92. The normalized spacial score (nSPS) is 16.6. The molecule has 3 aromatic carbocycles. The summed E-state index contributed by atoms with van der Waals surface area (Å²) in [5.41, 5.74) is 2.47. The molecule has 1 heterocycles. The third-order valence-corrected chi connectivity index (χ3v) is 7.73. The molecule has 9 heteroatoms. The van der Waals surface area contributed by atoms with Crippen LogP contribution in [0.3, 0.4) is 0 Å². The van der Waals surface area contributed by atoms with Gasteiger partial charge >= 0.3 is 0 Å². The van der Waals surface area contributed by atoms with E-state index in [1.165, 1.54) is 48.7 Å². The number of anilines is 2. The number of carbonyl (C=O) groups is 1. The second kappa shape index (κ2) is 11.0. The van der Waals surface area contributed by atoms with Gasteiger partial charge in [-0.1, -0.05) is 42.3 Å². The van der Waals surface area contributed by atoms with E-state index in [4.69, 9.17) is 23.2 Å². The van der Waals surface area contributed by atoms with Crippen molar-refractivity contribution in [3.63, 3.8) is 0 Å². The summed E-state index contributed by atoms with van der Waals surface area (Å²) in [5.74, 6) is 0.465. The number of hydrogen-bond acceptors (Lipinski definition) is 4. The number of likely N-dealkylation sites (tertiary alicyclic amines) is 1. The Kier molecular flexibility index (Phi) is 8.02. The molecule has 0 radical (unpaired) electrons. The number of sulfonamides is 1. The Morgan fingerprint density at radius 2 is 1.63 bits per heavy atom. The summed E-state index contributed by atoms with van der Waals surface area (Å²) in [5, 5.41) is 3.45. The van der Waals surface area contributed by atoms with Crippen molar-refractivity contribution in [2.24, 2.45) is 5.92 Å². The number of nitrogens with zero attached hydrogens (tertiary/aromatic N) is 1. The van der Waals surface area contributed by atoms with Crippen molar-refractivity contribution in [1.82, 2.24) is 4.90 Å². The number of carbonyl (C=O) groups excluding carboxylic acids is 1.